The zero-order valence-electron chi connectivity index (χ0n) is 10.6. The second-order valence-electron chi connectivity index (χ2n) is 4.35. The van der Waals surface area contributed by atoms with Gasteiger partial charge in [0.05, 0.1) is 31.2 Å². The third-order valence-electron chi connectivity index (χ3n) is 3.36. The Morgan fingerprint density at radius 2 is 2.33 bits per heavy atom. The SMILES string of the molecule is CC[C@@H]1C(=O)OC(c2cncn2C)[C@H]1C(=O)OC. The van der Waals surface area contributed by atoms with Crippen molar-refractivity contribution in [3.8, 4) is 0 Å². The number of aromatic nitrogens is 2. The molecular weight excluding hydrogens is 236 g/mol. The van der Waals surface area contributed by atoms with Crippen molar-refractivity contribution in [2.75, 3.05) is 7.11 Å². The van der Waals surface area contributed by atoms with Gasteiger partial charge in [-0.1, -0.05) is 6.92 Å². The van der Waals surface area contributed by atoms with Crippen LogP contribution in [0.4, 0.5) is 0 Å². The van der Waals surface area contributed by atoms with E-state index in [1.54, 1.807) is 24.1 Å². The highest BCUT2D eigenvalue weighted by Gasteiger charge is 2.50. The van der Waals surface area contributed by atoms with Crippen molar-refractivity contribution >= 4 is 11.9 Å². The highest BCUT2D eigenvalue weighted by Crippen LogP contribution is 2.41. The number of cyclic esters (lactones) is 1. The maximum Gasteiger partial charge on any atom is 0.313 e. The second kappa shape index (κ2) is 4.80. The second-order valence-corrected chi connectivity index (χ2v) is 4.35. The summed E-state index contributed by atoms with van der Waals surface area (Å²) in [6, 6.07) is 0. The van der Waals surface area contributed by atoms with Crippen LogP contribution in [0.25, 0.3) is 0 Å². The lowest BCUT2D eigenvalue weighted by atomic mass is 9.87. The molecule has 2 heterocycles. The maximum absolute atomic E-state index is 11.9. The van der Waals surface area contributed by atoms with E-state index in [0.29, 0.717) is 12.1 Å². The third kappa shape index (κ3) is 1.87. The summed E-state index contributed by atoms with van der Waals surface area (Å²) in [7, 11) is 3.11. The molecule has 0 spiro atoms. The number of carbonyl (C=O) groups excluding carboxylic acids is 2. The molecule has 1 saturated heterocycles. The zero-order valence-corrected chi connectivity index (χ0v) is 10.6. The molecule has 2 rings (SSSR count). The van der Waals surface area contributed by atoms with Gasteiger partial charge in [-0.05, 0) is 6.42 Å². The van der Waals surface area contributed by atoms with Crippen LogP contribution in [0, 0.1) is 11.8 Å². The maximum atomic E-state index is 11.9. The fourth-order valence-corrected chi connectivity index (χ4v) is 2.37. The van der Waals surface area contributed by atoms with Crippen LogP contribution < -0.4 is 0 Å². The van der Waals surface area contributed by atoms with Crippen molar-refractivity contribution < 1.29 is 19.1 Å². The first-order valence-corrected chi connectivity index (χ1v) is 5.84. The van der Waals surface area contributed by atoms with Gasteiger partial charge in [0.1, 0.15) is 5.92 Å². The van der Waals surface area contributed by atoms with Gasteiger partial charge in [-0.25, -0.2) is 4.98 Å². The number of methoxy groups -OCH3 is 1. The first-order chi connectivity index (χ1) is 8.60. The number of nitrogens with zero attached hydrogens (tertiary/aromatic N) is 2. The van der Waals surface area contributed by atoms with Crippen LogP contribution in [-0.2, 0) is 26.1 Å². The van der Waals surface area contributed by atoms with Crippen molar-refractivity contribution in [1.82, 2.24) is 9.55 Å². The molecule has 0 bridgehead atoms. The minimum Gasteiger partial charge on any atom is -0.469 e. The van der Waals surface area contributed by atoms with Gasteiger partial charge in [-0.3, -0.25) is 9.59 Å². The molecule has 98 valence electrons. The molecule has 1 aliphatic rings. The van der Waals surface area contributed by atoms with Crippen LogP contribution in [0.3, 0.4) is 0 Å². The van der Waals surface area contributed by atoms with Gasteiger partial charge in [0.15, 0.2) is 6.10 Å². The number of esters is 2. The Morgan fingerprint density at radius 3 is 2.83 bits per heavy atom. The number of rotatable bonds is 3. The predicted octanol–water partition coefficient (Wildman–Crippen LogP) is 0.833. The summed E-state index contributed by atoms with van der Waals surface area (Å²) in [5.41, 5.74) is 0.703. The molecule has 1 aromatic heterocycles. The average Bonchev–Trinajstić information content (AvgIpc) is 2.91. The Balaban J connectivity index is 2.37. The van der Waals surface area contributed by atoms with Gasteiger partial charge in [0, 0.05) is 7.05 Å². The highest BCUT2D eigenvalue weighted by molar-refractivity contribution is 5.85. The number of imidazole rings is 1. The van der Waals surface area contributed by atoms with E-state index < -0.39 is 23.9 Å². The number of hydrogen-bond donors (Lipinski definition) is 0. The van der Waals surface area contributed by atoms with Crippen molar-refractivity contribution in [2.24, 2.45) is 18.9 Å². The molecule has 6 heteroatoms. The topological polar surface area (TPSA) is 70.4 Å². The molecule has 1 aromatic rings. The number of carbonyl (C=O) groups is 2. The standard InChI is InChI=1S/C12H16N2O4/c1-4-7-9(12(16)17-3)10(18-11(7)15)8-5-13-6-14(8)2/h5-7,9-10H,4H2,1-3H3/t7-,9-,10?/m0/s1. The summed E-state index contributed by atoms with van der Waals surface area (Å²) in [5, 5.41) is 0. The van der Waals surface area contributed by atoms with Crippen LogP contribution in [0.2, 0.25) is 0 Å². The lowest BCUT2D eigenvalue weighted by Crippen LogP contribution is -2.27. The highest BCUT2D eigenvalue weighted by atomic mass is 16.6. The predicted molar refractivity (Wildman–Crippen MR) is 61.3 cm³/mol. The molecule has 0 aromatic carbocycles. The van der Waals surface area contributed by atoms with Crippen LogP contribution in [0.15, 0.2) is 12.5 Å². The molecule has 1 fully saturated rings. The number of aryl methyl sites for hydroxylation is 1. The molecule has 6 nitrogen and oxygen atoms in total. The smallest absolute Gasteiger partial charge is 0.313 e. The summed E-state index contributed by atoms with van der Waals surface area (Å²) in [6.45, 7) is 1.85. The van der Waals surface area contributed by atoms with E-state index in [1.165, 1.54) is 7.11 Å². The zero-order chi connectivity index (χ0) is 13.3. The first-order valence-electron chi connectivity index (χ1n) is 5.84. The summed E-state index contributed by atoms with van der Waals surface area (Å²) >= 11 is 0. The summed E-state index contributed by atoms with van der Waals surface area (Å²) in [6.07, 6.45) is 3.15. The third-order valence-corrected chi connectivity index (χ3v) is 3.36. The minimum absolute atomic E-state index is 0.348. The van der Waals surface area contributed by atoms with Gasteiger partial charge >= 0.3 is 11.9 Å². The monoisotopic (exact) mass is 252 g/mol. The van der Waals surface area contributed by atoms with E-state index in [2.05, 4.69) is 4.98 Å². The fourth-order valence-electron chi connectivity index (χ4n) is 2.37. The number of ether oxygens (including phenoxy) is 2. The summed E-state index contributed by atoms with van der Waals surface area (Å²) < 4.78 is 11.8. The molecule has 0 N–H and O–H groups in total. The lowest BCUT2D eigenvalue weighted by Gasteiger charge is -2.18. The molecule has 0 amide bonds. The molecule has 1 unspecified atom stereocenters. The molecule has 18 heavy (non-hydrogen) atoms. The minimum atomic E-state index is -0.609. The molecule has 1 aliphatic heterocycles. The van der Waals surface area contributed by atoms with Gasteiger partial charge < -0.3 is 14.0 Å². The lowest BCUT2D eigenvalue weighted by molar-refractivity contribution is -0.148. The van der Waals surface area contributed by atoms with Gasteiger partial charge in [0.2, 0.25) is 0 Å². The van der Waals surface area contributed by atoms with Gasteiger partial charge in [-0.15, -0.1) is 0 Å². The van der Waals surface area contributed by atoms with E-state index in [-0.39, 0.29) is 5.97 Å². The van der Waals surface area contributed by atoms with Crippen LogP contribution in [0.1, 0.15) is 25.1 Å². The Hall–Kier alpha value is -1.85. The van der Waals surface area contributed by atoms with E-state index in [1.807, 2.05) is 6.92 Å². The van der Waals surface area contributed by atoms with Crippen molar-refractivity contribution in [2.45, 2.75) is 19.4 Å². The van der Waals surface area contributed by atoms with E-state index in [0.717, 1.165) is 0 Å². The average molecular weight is 252 g/mol. The fraction of sp³-hybridized carbons (Fsp3) is 0.583. The molecule has 0 radical (unpaired) electrons. The van der Waals surface area contributed by atoms with Crippen LogP contribution >= 0.6 is 0 Å². The van der Waals surface area contributed by atoms with E-state index in [4.69, 9.17) is 9.47 Å². The quantitative estimate of drug-likeness (QED) is 0.745. The van der Waals surface area contributed by atoms with Crippen LogP contribution in [-0.4, -0.2) is 28.6 Å². The number of hydrogen-bond acceptors (Lipinski definition) is 5. The molecule has 0 aliphatic carbocycles. The molecule has 3 atom stereocenters. The summed E-state index contributed by atoms with van der Waals surface area (Å²) in [5.74, 6) is -1.81. The van der Waals surface area contributed by atoms with Gasteiger partial charge in [-0.2, -0.15) is 0 Å². The summed E-state index contributed by atoms with van der Waals surface area (Å²) in [4.78, 5) is 27.6. The Morgan fingerprint density at radius 1 is 1.61 bits per heavy atom. The van der Waals surface area contributed by atoms with Gasteiger partial charge in [0.25, 0.3) is 0 Å². The largest absolute Gasteiger partial charge is 0.469 e. The van der Waals surface area contributed by atoms with E-state index in [9.17, 15) is 9.59 Å². The Kier molecular flexibility index (Phi) is 3.36. The Bertz CT molecular complexity index is 468. The van der Waals surface area contributed by atoms with Crippen molar-refractivity contribution in [3.05, 3.63) is 18.2 Å². The first kappa shape index (κ1) is 12.6. The Labute approximate surface area is 105 Å². The normalized spacial score (nSPS) is 27.1. The van der Waals surface area contributed by atoms with E-state index >= 15 is 0 Å². The van der Waals surface area contributed by atoms with Crippen molar-refractivity contribution in [1.29, 1.82) is 0 Å². The van der Waals surface area contributed by atoms with Crippen molar-refractivity contribution in [3.63, 3.8) is 0 Å². The van der Waals surface area contributed by atoms with Crippen LogP contribution in [0.5, 0.6) is 0 Å². The molecule has 0 saturated carbocycles. The molecular formula is C12H16N2O4.